The zero-order valence-electron chi connectivity index (χ0n) is 13.7. The Morgan fingerprint density at radius 3 is 2.67 bits per heavy atom. The molecule has 1 N–H and O–H groups in total. The number of nitrogens with zero attached hydrogens (tertiary/aromatic N) is 3. The molecule has 0 unspecified atom stereocenters. The summed E-state index contributed by atoms with van der Waals surface area (Å²) in [6.07, 6.45) is 4.25. The van der Waals surface area contributed by atoms with Crippen molar-refractivity contribution in [3.63, 3.8) is 0 Å². The van der Waals surface area contributed by atoms with E-state index in [0.29, 0.717) is 16.5 Å². The molecular weight excluding hydrogens is 499 g/mol. The lowest BCUT2D eigenvalue weighted by molar-refractivity contribution is 0.594. The number of sulfonamides is 1. The van der Waals surface area contributed by atoms with E-state index in [4.69, 9.17) is 11.6 Å². The fourth-order valence-corrected chi connectivity index (χ4v) is 4.79. The first kappa shape index (κ1) is 18.2. The van der Waals surface area contributed by atoms with Crippen LogP contribution >= 0.6 is 34.2 Å². The van der Waals surface area contributed by atoms with Crippen LogP contribution in [0.5, 0.6) is 0 Å². The molecule has 2 aromatic heterocycles. The number of anilines is 1. The summed E-state index contributed by atoms with van der Waals surface area (Å²) in [5.41, 5.74) is 0.488. The molecule has 0 fully saturated rings. The van der Waals surface area contributed by atoms with Crippen molar-refractivity contribution in [3.8, 4) is 5.82 Å². The Labute approximate surface area is 174 Å². The standard InChI is InChI=1S/C18H12ClIN4O2S/c19-15-8-13(20)9-22-18(15)24-11-21-10-17(24)27(25,26)23-16-7-3-5-12-4-1-2-6-14(12)16/h1-11,23H. The van der Waals surface area contributed by atoms with E-state index in [-0.39, 0.29) is 5.03 Å². The summed E-state index contributed by atoms with van der Waals surface area (Å²) in [7, 11) is -3.92. The van der Waals surface area contributed by atoms with E-state index in [9.17, 15) is 8.42 Å². The number of nitrogens with one attached hydrogen (secondary N) is 1. The third-order valence-corrected chi connectivity index (χ3v) is 6.14. The van der Waals surface area contributed by atoms with Gasteiger partial charge in [-0.3, -0.25) is 9.29 Å². The minimum atomic E-state index is -3.92. The van der Waals surface area contributed by atoms with Crippen LogP contribution in [0.15, 0.2) is 72.3 Å². The highest BCUT2D eigenvalue weighted by Gasteiger charge is 2.23. The van der Waals surface area contributed by atoms with Crippen molar-refractivity contribution in [2.75, 3.05) is 4.72 Å². The molecule has 0 aliphatic heterocycles. The molecule has 2 aromatic carbocycles. The van der Waals surface area contributed by atoms with Crippen LogP contribution in [0.25, 0.3) is 16.6 Å². The fraction of sp³-hybridized carbons (Fsp3) is 0. The molecule has 4 rings (SSSR count). The summed E-state index contributed by atoms with van der Waals surface area (Å²) >= 11 is 8.34. The Hall–Kier alpha value is -2.17. The first-order chi connectivity index (χ1) is 13.0. The minimum absolute atomic E-state index is 0.0500. The third kappa shape index (κ3) is 3.52. The summed E-state index contributed by atoms with van der Waals surface area (Å²) in [5, 5.41) is 2.03. The van der Waals surface area contributed by atoms with Gasteiger partial charge in [0, 0.05) is 15.2 Å². The number of pyridine rings is 1. The minimum Gasteiger partial charge on any atom is -0.278 e. The van der Waals surface area contributed by atoms with Gasteiger partial charge in [-0.1, -0.05) is 48.0 Å². The molecule has 9 heteroatoms. The van der Waals surface area contributed by atoms with E-state index in [1.807, 2.05) is 30.3 Å². The van der Waals surface area contributed by atoms with Gasteiger partial charge in [0.25, 0.3) is 10.0 Å². The second-order valence-electron chi connectivity index (χ2n) is 5.69. The van der Waals surface area contributed by atoms with Gasteiger partial charge in [0.15, 0.2) is 10.8 Å². The molecule has 0 spiro atoms. The van der Waals surface area contributed by atoms with Crippen molar-refractivity contribution in [1.29, 1.82) is 0 Å². The molecule has 0 saturated heterocycles. The Kier molecular flexibility index (Phi) is 4.79. The van der Waals surface area contributed by atoms with E-state index < -0.39 is 10.0 Å². The van der Waals surface area contributed by atoms with Crippen molar-refractivity contribution >= 4 is 60.7 Å². The molecule has 6 nitrogen and oxygen atoms in total. The van der Waals surface area contributed by atoms with Crippen LogP contribution in [-0.2, 0) is 10.0 Å². The number of imidazole rings is 1. The molecule has 4 aromatic rings. The van der Waals surface area contributed by atoms with Gasteiger partial charge in [-0.25, -0.2) is 9.97 Å². The molecule has 136 valence electrons. The van der Waals surface area contributed by atoms with Gasteiger partial charge in [0.2, 0.25) is 0 Å². The number of hydrogen-bond acceptors (Lipinski definition) is 4. The van der Waals surface area contributed by atoms with Crippen LogP contribution in [0.4, 0.5) is 5.69 Å². The second kappa shape index (κ2) is 7.10. The number of benzene rings is 2. The highest BCUT2D eigenvalue weighted by molar-refractivity contribution is 14.1. The normalized spacial score (nSPS) is 11.6. The number of halogens is 2. The van der Waals surface area contributed by atoms with Crippen molar-refractivity contribution in [2.24, 2.45) is 0 Å². The maximum absolute atomic E-state index is 13.0. The summed E-state index contributed by atoms with van der Waals surface area (Å²) in [6, 6.07) is 14.7. The molecule has 0 atom stereocenters. The maximum atomic E-state index is 13.0. The predicted octanol–water partition coefficient (Wildman–Crippen LogP) is 4.48. The molecular formula is C18H12ClIN4O2S. The van der Waals surface area contributed by atoms with Crippen LogP contribution in [0, 0.1) is 3.57 Å². The van der Waals surface area contributed by atoms with Crippen molar-refractivity contribution in [3.05, 3.63) is 75.8 Å². The molecule has 0 amide bonds. The molecule has 0 aliphatic carbocycles. The van der Waals surface area contributed by atoms with Crippen LogP contribution < -0.4 is 4.72 Å². The van der Waals surface area contributed by atoms with E-state index >= 15 is 0 Å². The van der Waals surface area contributed by atoms with Gasteiger partial charge in [0.05, 0.1) is 16.9 Å². The summed E-state index contributed by atoms with van der Waals surface area (Å²) in [4.78, 5) is 8.22. The lowest BCUT2D eigenvalue weighted by Gasteiger charge is -2.13. The van der Waals surface area contributed by atoms with Gasteiger partial charge >= 0.3 is 0 Å². The van der Waals surface area contributed by atoms with Gasteiger partial charge in [0.1, 0.15) is 6.33 Å². The molecule has 2 heterocycles. The van der Waals surface area contributed by atoms with Gasteiger partial charge in [-0.05, 0) is 40.1 Å². The molecule has 0 bridgehead atoms. The first-order valence-corrected chi connectivity index (χ1v) is 10.7. The van der Waals surface area contributed by atoms with Crippen LogP contribution in [0.3, 0.4) is 0 Å². The summed E-state index contributed by atoms with van der Waals surface area (Å²) < 4.78 is 30.9. The topological polar surface area (TPSA) is 76.9 Å². The van der Waals surface area contributed by atoms with Gasteiger partial charge < -0.3 is 0 Å². The molecule has 0 saturated carbocycles. The Bertz CT molecular complexity index is 1250. The van der Waals surface area contributed by atoms with E-state index in [2.05, 4.69) is 37.3 Å². The monoisotopic (exact) mass is 510 g/mol. The van der Waals surface area contributed by atoms with E-state index in [1.165, 1.54) is 17.1 Å². The smallest absolute Gasteiger partial charge is 0.278 e. The van der Waals surface area contributed by atoms with E-state index in [1.54, 1.807) is 24.4 Å². The lowest BCUT2D eigenvalue weighted by Crippen LogP contribution is -2.17. The summed E-state index contributed by atoms with van der Waals surface area (Å²) in [6.45, 7) is 0. The summed E-state index contributed by atoms with van der Waals surface area (Å²) in [5.74, 6) is 0.299. The quantitative estimate of drug-likeness (QED) is 0.411. The largest absolute Gasteiger partial charge is 0.279 e. The average molecular weight is 511 g/mol. The Balaban J connectivity index is 1.79. The average Bonchev–Trinajstić information content (AvgIpc) is 3.12. The molecule has 0 aliphatic rings. The van der Waals surface area contributed by atoms with Crippen LogP contribution in [-0.4, -0.2) is 23.0 Å². The number of rotatable bonds is 4. The van der Waals surface area contributed by atoms with Gasteiger partial charge in [-0.15, -0.1) is 0 Å². The van der Waals surface area contributed by atoms with Gasteiger partial charge in [-0.2, -0.15) is 8.42 Å². The Morgan fingerprint density at radius 1 is 1.07 bits per heavy atom. The number of hydrogen-bond donors (Lipinski definition) is 1. The first-order valence-electron chi connectivity index (χ1n) is 7.80. The SMILES string of the molecule is O=S(=O)(Nc1cccc2ccccc12)c1cncn1-c1ncc(I)cc1Cl. The second-order valence-corrected chi connectivity index (χ2v) is 8.98. The number of fused-ring (bicyclic) bond motifs is 1. The number of aromatic nitrogens is 3. The van der Waals surface area contributed by atoms with Crippen LogP contribution in [0.2, 0.25) is 5.02 Å². The van der Waals surface area contributed by atoms with Crippen LogP contribution in [0.1, 0.15) is 0 Å². The Morgan fingerprint density at radius 2 is 1.85 bits per heavy atom. The predicted molar refractivity (Wildman–Crippen MR) is 114 cm³/mol. The highest BCUT2D eigenvalue weighted by atomic mass is 127. The van der Waals surface area contributed by atoms with Crippen molar-refractivity contribution in [2.45, 2.75) is 5.03 Å². The fourth-order valence-electron chi connectivity index (χ4n) is 2.74. The lowest BCUT2D eigenvalue weighted by atomic mass is 10.1. The zero-order valence-corrected chi connectivity index (χ0v) is 17.4. The molecule has 27 heavy (non-hydrogen) atoms. The zero-order chi connectivity index (χ0) is 19.0. The third-order valence-electron chi connectivity index (χ3n) is 3.93. The van der Waals surface area contributed by atoms with Crippen molar-refractivity contribution < 1.29 is 8.42 Å². The maximum Gasteiger partial charge on any atom is 0.279 e. The van der Waals surface area contributed by atoms with Crippen molar-refractivity contribution in [1.82, 2.24) is 14.5 Å². The highest BCUT2D eigenvalue weighted by Crippen LogP contribution is 2.27. The molecule has 0 radical (unpaired) electrons. The van der Waals surface area contributed by atoms with E-state index in [0.717, 1.165) is 14.3 Å².